The summed E-state index contributed by atoms with van der Waals surface area (Å²) in [5.74, 6) is 1.01. The molecule has 0 amide bonds. The quantitative estimate of drug-likeness (QED) is 0.853. The van der Waals surface area contributed by atoms with Crippen LogP contribution in [0.5, 0.6) is 0 Å². The third-order valence-electron chi connectivity index (χ3n) is 4.05. The van der Waals surface area contributed by atoms with Gasteiger partial charge in [0, 0.05) is 26.2 Å². The van der Waals surface area contributed by atoms with Crippen LogP contribution >= 0.6 is 23.8 Å². The van der Waals surface area contributed by atoms with Crippen LogP contribution in [0.4, 0.5) is 5.69 Å². The van der Waals surface area contributed by atoms with Gasteiger partial charge >= 0.3 is 0 Å². The molecule has 2 heterocycles. The van der Waals surface area contributed by atoms with Gasteiger partial charge in [-0.2, -0.15) is 0 Å². The van der Waals surface area contributed by atoms with Gasteiger partial charge < -0.3 is 14.6 Å². The second kappa shape index (κ2) is 7.34. The van der Waals surface area contributed by atoms with Crippen LogP contribution in [0.2, 0.25) is 5.02 Å². The van der Waals surface area contributed by atoms with Crippen LogP contribution in [0.15, 0.2) is 41.0 Å². The smallest absolute Gasteiger partial charge is 0.173 e. The fraction of sp³-hybridized carbons (Fsp3) is 0.353. The average Bonchev–Trinajstić information content (AvgIpc) is 3.05. The fourth-order valence-electron chi connectivity index (χ4n) is 2.67. The number of halogens is 1. The van der Waals surface area contributed by atoms with E-state index in [-0.39, 0.29) is 0 Å². The number of thiocarbonyl (C=S) groups is 1. The van der Waals surface area contributed by atoms with Gasteiger partial charge in [-0.05, 0) is 42.9 Å². The molecule has 1 aromatic heterocycles. The van der Waals surface area contributed by atoms with Gasteiger partial charge in [0.25, 0.3) is 0 Å². The summed E-state index contributed by atoms with van der Waals surface area (Å²) in [6, 6.07) is 9.86. The monoisotopic (exact) mass is 349 g/mol. The molecule has 0 aliphatic carbocycles. The van der Waals surface area contributed by atoms with Crippen LogP contribution in [0.25, 0.3) is 0 Å². The lowest BCUT2D eigenvalue weighted by Crippen LogP contribution is -2.49. The standard InChI is InChI=1S/C17H20ClN3OS/c1-13-4-2-6-15(16(13)18)19-17(23)21-9-7-20(8-10-21)12-14-5-3-11-22-14/h2-6,11H,7-10,12H2,1H3,(H,19,23). The molecule has 0 unspecified atom stereocenters. The molecule has 0 saturated carbocycles. The van der Waals surface area contributed by atoms with Gasteiger partial charge in [-0.1, -0.05) is 23.7 Å². The van der Waals surface area contributed by atoms with E-state index in [1.54, 1.807) is 6.26 Å². The molecule has 23 heavy (non-hydrogen) atoms. The van der Waals surface area contributed by atoms with Crippen molar-refractivity contribution in [3.05, 3.63) is 52.9 Å². The van der Waals surface area contributed by atoms with Crippen molar-refractivity contribution in [1.82, 2.24) is 9.80 Å². The maximum atomic E-state index is 6.32. The Hall–Kier alpha value is -1.56. The lowest BCUT2D eigenvalue weighted by atomic mass is 10.2. The first kappa shape index (κ1) is 16.3. The van der Waals surface area contributed by atoms with Gasteiger partial charge in [-0.25, -0.2) is 0 Å². The van der Waals surface area contributed by atoms with E-state index in [1.165, 1.54) is 0 Å². The Morgan fingerprint density at radius 1 is 1.22 bits per heavy atom. The van der Waals surface area contributed by atoms with Crippen molar-refractivity contribution in [2.45, 2.75) is 13.5 Å². The Kier molecular flexibility index (Phi) is 5.20. The first-order valence-electron chi connectivity index (χ1n) is 7.69. The van der Waals surface area contributed by atoms with Gasteiger partial charge in [0.05, 0.1) is 23.5 Å². The van der Waals surface area contributed by atoms with Gasteiger partial charge in [-0.15, -0.1) is 0 Å². The Bertz CT molecular complexity index is 666. The summed E-state index contributed by atoms with van der Waals surface area (Å²) < 4.78 is 5.41. The first-order valence-corrected chi connectivity index (χ1v) is 8.48. The van der Waals surface area contributed by atoms with Gasteiger partial charge in [-0.3, -0.25) is 4.90 Å². The Labute approximate surface area is 147 Å². The summed E-state index contributed by atoms with van der Waals surface area (Å²) in [5.41, 5.74) is 1.91. The van der Waals surface area contributed by atoms with Crippen LogP contribution in [0.1, 0.15) is 11.3 Å². The molecule has 0 atom stereocenters. The van der Waals surface area contributed by atoms with E-state index in [2.05, 4.69) is 15.1 Å². The third-order valence-corrected chi connectivity index (χ3v) is 4.91. The van der Waals surface area contributed by atoms with Crippen LogP contribution in [-0.4, -0.2) is 41.1 Å². The third kappa shape index (κ3) is 4.05. The number of hydrogen-bond acceptors (Lipinski definition) is 3. The van der Waals surface area contributed by atoms with Crippen LogP contribution in [-0.2, 0) is 6.54 Å². The normalized spacial score (nSPS) is 15.7. The molecule has 1 aliphatic rings. The number of nitrogens with zero attached hydrogens (tertiary/aromatic N) is 2. The molecule has 1 aliphatic heterocycles. The topological polar surface area (TPSA) is 31.6 Å². The van der Waals surface area contributed by atoms with Crippen LogP contribution in [0.3, 0.4) is 0 Å². The molecule has 122 valence electrons. The van der Waals surface area contributed by atoms with Crippen molar-refractivity contribution in [2.75, 3.05) is 31.5 Å². The molecule has 6 heteroatoms. The van der Waals surface area contributed by atoms with E-state index in [0.717, 1.165) is 59.9 Å². The molecule has 2 aromatic rings. The lowest BCUT2D eigenvalue weighted by molar-refractivity contribution is 0.166. The number of benzene rings is 1. The number of aryl methyl sites for hydroxylation is 1. The van der Waals surface area contributed by atoms with E-state index in [4.69, 9.17) is 28.2 Å². The van der Waals surface area contributed by atoms with E-state index >= 15 is 0 Å². The SMILES string of the molecule is Cc1cccc(NC(=S)N2CCN(Cc3ccco3)CC2)c1Cl. The second-order valence-electron chi connectivity index (χ2n) is 5.71. The highest BCUT2D eigenvalue weighted by molar-refractivity contribution is 7.80. The predicted molar refractivity (Wildman–Crippen MR) is 98.0 cm³/mol. The van der Waals surface area contributed by atoms with Crippen molar-refractivity contribution in [3.63, 3.8) is 0 Å². The summed E-state index contributed by atoms with van der Waals surface area (Å²) >= 11 is 11.9. The number of anilines is 1. The zero-order valence-corrected chi connectivity index (χ0v) is 14.7. The van der Waals surface area contributed by atoms with Crippen LogP contribution in [0, 0.1) is 6.92 Å². The van der Waals surface area contributed by atoms with E-state index in [1.807, 2.05) is 37.3 Å². The number of furan rings is 1. The summed E-state index contributed by atoms with van der Waals surface area (Å²) in [5, 5.41) is 4.73. The molecule has 1 N–H and O–H groups in total. The molecule has 0 spiro atoms. The molecule has 0 radical (unpaired) electrons. The molecule has 1 fully saturated rings. The molecule has 1 aromatic carbocycles. The van der Waals surface area contributed by atoms with Crippen molar-refractivity contribution >= 4 is 34.6 Å². The summed E-state index contributed by atoms with van der Waals surface area (Å²) in [6.45, 7) is 6.56. The maximum absolute atomic E-state index is 6.32. The van der Waals surface area contributed by atoms with Gasteiger partial charge in [0.15, 0.2) is 5.11 Å². The minimum Gasteiger partial charge on any atom is -0.468 e. The van der Waals surface area contributed by atoms with Crippen molar-refractivity contribution in [2.24, 2.45) is 0 Å². The summed E-state index contributed by atoms with van der Waals surface area (Å²) in [4.78, 5) is 4.56. The highest BCUT2D eigenvalue weighted by Crippen LogP contribution is 2.25. The van der Waals surface area contributed by atoms with E-state index in [9.17, 15) is 0 Å². The highest BCUT2D eigenvalue weighted by Gasteiger charge is 2.20. The Morgan fingerprint density at radius 2 is 2.00 bits per heavy atom. The Balaban J connectivity index is 1.53. The van der Waals surface area contributed by atoms with E-state index < -0.39 is 0 Å². The zero-order chi connectivity index (χ0) is 16.2. The molecular formula is C17H20ClN3OS. The molecule has 4 nitrogen and oxygen atoms in total. The first-order chi connectivity index (χ1) is 11.1. The Morgan fingerprint density at radius 3 is 2.70 bits per heavy atom. The number of rotatable bonds is 3. The summed E-state index contributed by atoms with van der Waals surface area (Å²) in [7, 11) is 0. The fourth-order valence-corrected chi connectivity index (χ4v) is 3.14. The maximum Gasteiger partial charge on any atom is 0.173 e. The predicted octanol–water partition coefficient (Wildman–Crippen LogP) is 3.76. The summed E-state index contributed by atoms with van der Waals surface area (Å²) in [6.07, 6.45) is 1.72. The van der Waals surface area contributed by atoms with Crippen molar-refractivity contribution < 1.29 is 4.42 Å². The molecule has 0 bridgehead atoms. The van der Waals surface area contributed by atoms with Gasteiger partial charge in [0.2, 0.25) is 0 Å². The molecular weight excluding hydrogens is 330 g/mol. The minimum absolute atomic E-state index is 0.728. The molecule has 1 saturated heterocycles. The van der Waals surface area contributed by atoms with Gasteiger partial charge in [0.1, 0.15) is 5.76 Å². The zero-order valence-electron chi connectivity index (χ0n) is 13.1. The number of hydrogen-bond donors (Lipinski definition) is 1. The number of piperazine rings is 1. The number of nitrogens with one attached hydrogen (secondary N) is 1. The van der Waals surface area contributed by atoms with Crippen molar-refractivity contribution in [3.8, 4) is 0 Å². The van der Waals surface area contributed by atoms with E-state index in [0.29, 0.717) is 0 Å². The lowest BCUT2D eigenvalue weighted by Gasteiger charge is -2.35. The van der Waals surface area contributed by atoms with Crippen molar-refractivity contribution in [1.29, 1.82) is 0 Å². The second-order valence-corrected chi connectivity index (χ2v) is 6.47. The average molecular weight is 350 g/mol. The largest absolute Gasteiger partial charge is 0.468 e. The highest BCUT2D eigenvalue weighted by atomic mass is 35.5. The molecule has 3 rings (SSSR count). The minimum atomic E-state index is 0.728. The van der Waals surface area contributed by atoms with Crippen LogP contribution < -0.4 is 5.32 Å².